The lowest BCUT2D eigenvalue weighted by Gasteiger charge is -2.11. The first-order valence-electron chi connectivity index (χ1n) is 5.62. The number of hydrogen-bond donors (Lipinski definition) is 1. The van der Waals surface area contributed by atoms with E-state index in [0.29, 0.717) is 16.1 Å². The van der Waals surface area contributed by atoms with Crippen LogP contribution in [0.2, 0.25) is 5.02 Å². The molecular formula is C15H10ClN3. The van der Waals surface area contributed by atoms with E-state index in [-0.39, 0.29) is 0 Å². The molecule has 3 nitrogen and oxygen atoms in total. The summed E-state index contributed by atoms with van der Waals surface area (Å²) in [5.74, 6) is 0. The average molecular weight is 268 g/mol. The molecule has 0 fully saturated rings. The Balaban J connectivity index is 2.40. The summed E-state index contributed by atoms with van der Waals surface area (Å²) in [6.07, 6.45) is 0. The van der Waals surface area contributed by atoms with Gasteiger partial charge in [-0.15, -0.1) is 0 Å². The maximum absolute atomic E-state index is 9.10. The molecule has 0 radical (unpaired) electrons. The van der Waals surface area contributed by atoms with E-state index < -0.39 is 0 Å². The van der Waals surface area contributed by atoms with Crippen LogP contribution in [0.15, 0.2) is 36.4 Å². The molecule has 2 rings (SSSR count). The summed E-state index contributed by atoms with van der Waals surface area (Å²) in [6.45, 7) is 1.93. The molecule has 0 saturated carbocycles. The molecular weight excluding hydrogens is 258 g/mol. The van der Waals surface area contributed by atoms with Crippen LogP contribution in [0.1, 0.15) is 16.7 Å². The molecule has 92 valence electrons. The number of nitrogens with zero attached hydrogens (tertiary/aromatic N) is 2. The van der Waals surface area contributed by atoms with Crippen molar-refractivity contribution in [3.8, 4) is 12.1 Å². The quantitative estimate of drug-likeness (QED) is 0.890. The van der Waals surface area contributed by atoms with Crippen LogP contribution in [-0.4, -0.2) is 0 Å². The number of para-hydroxylation sites is 1. The topological polar surface area (TPSA) is 59.6 Å². The fourth-order valence-corrected chi connectivity index (χ4v) is 1.98. The molecule has 0 bridgehead atoms. The minimum atomic E-state index is 0.389. The van der Waals surface area contributed by atoms with E-state index in [1.54, 1.807) is 24.3 Å². The lowest BCUT2D eigenvalue weighted by Crippen LogP contribution is -1.96. The van der Waals surface area contributed by atoms with Crippen molar-refractivity contribution in [3.05, 3.63) is 58.1 Å². The first-order valence-corrected chi connectivity index (χ1v) is 6.00. The molecule has 0 aliphatic heterocycles. The Hall–Kier alpha value is -2.49. The van der Waals surface area contributed by atoms with Crippen LogP contribution in [0.5, 0.6) is 0 Å². The third kappa shape index (κ3) is 2.68. The molecule has 0 atom stereocenters. The summed E-state index contributed by atoms with van der Waals surface area (Å²) in [6, 6.07) is 14.8. The number of nitrogens with one attached hydrogen (secondary N) is 1. The highest BCUT2D eigenvalue weighted by Crippen LogP contribution is 2.27. The number of benzene rings is 2. The number of hydrogen-bond acceptors (Lipinski definition) is 3. The zero-order chi connectivity index (χ0) is 13.8. The molecule has 0 amide bonds. The highest BCUT2D eigenvalue weighted by atomic mass is 35.5. The molecule has 2 aromatic carbocycles. The van der Waals surface area contributed by atoms with Crippen molar-refractivity contribution in [2.75, 3.05) is 5.32 Å². The number of anilines is 2. The molecule has 19 heavy (non-hydrogen) atoms. The molecule has 0 aromatic heterocycles. The van der Waals surface area contributed by atoms with Gasteiger partial charge in [0, 0.05) is 5.69 Å². The zero-order valence-corrected chi connectivity index (χ0v) is 11.0. The van der Waals surface area contributed by atoms with E-state index in [9.17, 15) is 0 Å². The minimum Gasteiger partial charge on any atom is -0.354 e. The van der Waals surface area contributed by atoms with Crippen LogP contribution in [0.25, 0.3) is 0 Å². The summed E-state index contributed by atoms with van der Waals surface area (Å²) in [5.41, 5.74) is 3.47. The van der Waals surface area contributed by atoms with E-state index in [4.69, 9.17) is 22.1 Å². The Bertz CT molecular complexity index is 708. The smallest absolute Gasteiger partial charge is 0.101 e. The minimum absolute atomic E-state index is 0.389. The van der Waals surface area contributed by atoms with Gasteiger partial charge in [0.05, 0.1) is 21.8 Å². The molecule has 0 aliphatic rings. The molecule has 0 heterocycles. The van der Waals surface area contributed by atoms with Gasteiger partial charge in [-0.3, -0.25) is 0 Å². The molecule has 1 N–H and O–H groups in total. The van der Waals surface area contributed by atoms with Crippen molar-refractivity contribution in [2.24, 2.45) is 0 Å². The number of aryl methyl sites for hydroxylation is 1. The lowest BCUT2D eigenvalue weighted by molar-refractivity contribution is 1.39. The lowest BCUT2D eigenvalue weighted by atomic mass is 10.1. The van der Waals surface area contributed by atoms with Crippen molar-refractivity contribution in [1.29, 1.82) is 10.5 Å². The van der Waals surface area contributed by atoms with Crippen LogP contribution < -0.4 is 5.32 Å². The van der Waals surface area contributed by atoms with E-state index in [2.05, 4.69) is 11.4 Å². The second-order valence-corrected chi connectivity index (χ2v) is 4.45. The fraction of sp³-hybridized carbons (Fsp3) is 0.0667. The predicted octanol–water partition coefficient (Wildman–Crippen LogP) is 4.14. The Morgan fingerprint density at radius 3 is 2.42 bits per heavy atom. The molecule has 0 unspecified atom stereocenters. The second kappa shape index (κ2) is 5.44. The monoisotopic (exact) mass is 267 g/mol. The van der Waals surface area contributed by atoms with Crippen molar-refractivity contribution in [2.45, 2.75) is 6.92 Å². The third-order valence-corrected chi connectivity index (χ3v) is 3.06. The van der Waals surface area contributed by atoms with Crippen LogP contribution in [0, 0.1) is 29.6 Å². The molecule has 0 spiro atoms. The second-order valence-electron chi connectivity index (χ2n) is 4.04. The molecule has 0 saturated heterocycles. The summed E-state index contributed by atoms with van der Waals surface area (Å²) in [4.78, 5) is 0. The largest absolute Gasteiger partial charge is 0.354 e. The normalized spacial score (nSPS) is 9.47. The summed E-state index contributed by atoms with van der Waals surface area (Å²) in [5, 5.41) is 21.5. The van der Waals surface area contributed by atoms with Gasteiger partial charge in [0.15, 0.2) is 0 Å². The van der Waals surface area contributed by atoms with Gasteiger partial charge in [-0.1, -0.05) is 23.7 Å². The molecule has 2 aromatic rings. The van der Waals surface area contributed by atoms with Crippen molar-refractivity contribution >= 4 is 23.0 Å². The average Bonchev–Trinajstić information content (AvgIpc) is 2.41. The number of rotatable bonds is 2. The summed E-state index contributed by atoms with van der Waals surface area (Å²) < 4.78 is 0. The Labute approximate surface area is 116 Å². The van der Waals surface area contributed by atoms with Crippen LogP contribution in [0.3, 0.4) is 0 Å². The van der Waals surface area contributed by atoms with E-state index in [1.165, 1.54) is 0 Å². The first-order chi connectivity index (χ1) is 9.15. The van der Waals surface area contributed by atoms with E-state index in [0.717, 1.165) is 16.9 Å². The van der Waals surface area contributed by atoms with Crippen LogP contribution in [0.4, 0.5) is 11.4 Å². The summed E-state index contributed by atoms with van der Waals surface area (Å²) in [7, 11) is 0. The number of nitriles is 2. The van der Waals surface area contributed by atoms with E-state index in [1.807, 2.05) is 25.1 Å². The van der Waals surface area contributed by atoms with Gasteiger partial charge in [-0.25, -0.2) is 0 Å². The number of halogens is 1. The zero-order valence-electron chi connectivity index (χ0n) is 10.2. The standard InChI is InChI=1S/C15H10ClN3/c1-10-3-2-4-12(9-18)15(10)19-13-6-5-11(8-17)14(16)7-13/h2-7,19H,1H3. The highest BCUT2D eigenvalue weighted by molar-refractivity contribution is 6.32. The van der Waals surface area contributed by atoms with Crippen LogP contribution in [-0.2, 0) is 0 Å². The van der Waals surface area contributed by atoms with Gasteiger partial charge < -0.3 is 5.32 Å². The van der Waals surface area contributed by atoms with Crippen molar-refractivity contribution in [1.82, 2.24) is 0 Å². The van der Waals surface area contributed by atoms with Crippen molar-refractivity contribution in [3.63, 3.8) is 0 Å². The van der Waals surface area contributed by atoms with Gasteiger partial charge in [0.1, 0.15) is 12.1 Å². The van der Waals surface area contributed by atoms with Gasteiger partial charge in [-0.05, 0) is 36.8 Å². The van der Waals surface area contributed by atoms with Gasteiger partial charge in [0.25, 0.3) is 0 Å². The highest BCUT2D eigenvalue weighted by Gasteiger charge is 2.07. The maximum atomic E-state index is 9.10. The van der Waals surface area contributed by atoms with E-state index >= 15 is 0 Å². The van der Waals surface area contributed by atoms with Crippen LogP contribution >= 0.6 is 11.6 Å². The third-order valence-electron chi connectivity index (χ3n) is 2.75. The first kappa shape index (κ1) is 13.0. The Morgan fingerprint density at radius 2 is 1.79 bits per heavy atom. The Kier molecular flexibility index (Phi) is 3.71. The summed E-state index contributed by atoms with van der Waals surface area (Å²) >= 11 is 5.98. The Morgan fingerprint density at radius 1 is 1.05 bits per heavy atom. The maximum Gasteiger partial charge on any atom is 0.101 e. The molecule has 4 heteroatoms. The predicted molar refractivity (Wildman–Crippen MR) is 75.3 cm³/mol. The fourth-order valence-electron chi connectivity index (χ4n) is 1.75. The SMILES string of the molecule is Cc1cccc(C#N)c1Nc1ccc(C#N)c(Cl)c1. The van der Waals surface area contributed by atoms with Gasteiger partial charge in [0.2, 0.25) is 0 Å². The van der Waals surface area contributed by atoms with Gasteiger partial charge >= 0.3 is 0 Å². The van der Waals surface area contributed by atoms with Gasteiger partial charge in [-0.2, -0.15) is 10.5 Å². The van der Waals surface area contributed by atoms with Crippen molar-refractivity contribution < 1.29 is 0 Å². The molecule has 0 aliphatic carbocycles.